The summed E-state index contributed by atoms with van der Waals surface area (Å²) in [5.74, 6) is -2.04. The first-order valence-electron chi connectivity index (χ1n) is 6.42. The first-order valence-corrected chi connectivity index (χ1v) is 8.24. The van der Waals surface area contributed by atoms with Crippen molar-refractivity contribution in [1.82, 2.24) is 4.90 Å². The van der Waals surface area contributed by atoms with Gasteiger partial charge in [-0.15, -0.1) is 0 Å². The molecular formula is C12H21NO5S. The van der Waals surface area contributed by atoms with E-state index in [1.807, 2.05) is 0 Å². The van der Waals surface area contributed by atoms with Crippen LogP contribution in [0.5, 0.6) is 0 Å². The number of carbonyl (C=O) groups is 2. The van der Waals surface area contributed by atoms with E-state index >= 15 is 0 Å². The molecule has 0 aliphatic carbocycles. The van der Waals surface area contributed by atoms with Crippen LogP contribution < -0.4 is 0 Å². The maximum absolute atomic E-state index is 11.9. The van der Waals surface area contributed by atoms with E-state index in [1.165, 1.54) is 4.90 Å². The Morgan fingerprint density at radius 2 is 2.00 bits per heavy atom. The maximum Gasteiger partial charge on any atom is 0.308 e. The Morgan fingerprint density at radius 1 is 1.42 bits per heavy atom. The van der Waals surface area contributed by atoms with Gasteiger partial charge in [0.2, 0.25) is 5.91 Å². The molecule has 1 heterocycles. The molecule has 110 valence electrons. The molecule has 0 spiro atoms. The van der Waals surface area contributed by atoms with Crippen molar-refractivity contribution < 1.29 is 23.1 Å². The van der Waals surface area contributed by atoms with E-state index in [4.69, 9.17) is 0 Å². The number of hydrogen-bond donors (Lipinski definition) is 1. The van der Waals surface area contributed by atoms with E-state index in [-0.39, 0.29) is 36.3 Å². The largest absolute Gasteiger partial charge is 0.481 e. The van der Waals surface area contributed by atoms with Gasteiger partial charge in [-0.25, -0.2) is 8.42 Å². The van der Waals surface area contributed by atoms with Gasteiger partial charge in [0.1, 0.15) is 0 Å². The van der Waals surface area contributed by atoms with E-state index in [1.54, 1.807) is 20.8 Å². The molecule has 0 aromatic heterocycles. The summed E-state index contributed by atoms with van der Waals surface area (Å²) in [6, 6.07) is -0.471. The second-order valence-corrected chi connectivity index (χ2v) is 7.58. The molecule has 0 aromatic rings. The van der Waals surface area contributed by atoms with Crippen molar-refractivity contribution in [2.45, 2.75) is 33.2 Å². The monoisotopic (exact) mass is 291 g/mol. The second-order valence-electron chi connectivity index (χ2n) is 5.11. The fraction of sp³-hybridized carbons (Fsp3) is 0.833. The molecule has 1 fully saturated rings. The minimum absolute atomic E-state index is 0.0299. The van der Waals surface area contributed by atoms with Crippen LogP contribution in [0.3, 0.4) is 0 Å². The van der Waals surface area contributed by atoms with Gasteiger partial charge in [-0.3, -0.25) is 9.59 Å². The molecular weight excluding hydrogens is 270 g/mol. The number of aliphatic carboxylic acids is 1. The number of nitrogens with zero attached hydrogens (tertiary/aromatic N) is 1. The van der Waals surface area contributed by atoms with E-state index in [9.17, 15) is 23.1 Å². The first-order chi connectivity index (χ1) is 8.69. The lowest BCUT2D eigenvalue weighted by Gasteiger charge is -2.40. The maximum atomic E-state index is 11.9. The SMILES string of the molecule is CCS(=O)(=O)CCN1C(=O)CC(C)C(C(=O)O)C1C. The Balaban J connectivity index is 2.82. The molecule has 0 aromatic carbocycles. The Bertz CT molecular complexity index is 459. The van der Waals surface area contributed by atoms with Gasteiger partial charge in [-0.2, -0.15) is 0 Å². The van der Waals surface area contributed by atoms with Crippen molar-refractivity contribution >= 4 is 21.7 Å². The molecule has 1 saturated heterocycles. The van der Waals surface area contributed by atoms with Crippen molar-refractivity contribution in [3.63, 3.8) is 0 Å². The summed E-state index contributed by atoms with van der Waals surface area (Å²) >= 11 is 0. The van der Waals surface area contributed by atoms with E-state index < -0.39 is 27.8 Å². The number of piperidine rings is 1. The Kier molecular flexibility index (Phi) is 4.95. The van der Waals surface area contributed by atoms with Gasteiger partial charge in [0, 0.05) is 24.8 Å². The molecule has 1 aliphatic rings. The minimum atomic E-state index is -3.16. The quantitative estimate of drug-likeness (QED) is 0.790. The molecule has 0 radical (unpaired) electrons. The zero-order chi connectivity index (χ0) is 14.8. The Morgan fingerprint density at radius 3 is 2.47 bits per heavy atom. The van der Waals surface area contributed by atoms with Crippen LogP contribution in [0.15, 0.2) is 0 Å². The number of carboxylic acid groups (broad SMARTS) is 1. The lowest BCUT2D eigenvalue weighted by Crippen LogP contribution is -2.53. The fourth-order valence-corrected chi connectivity index (χ4v) is 3.34. The lowest BCUT2D eigenvalue weighted by molar-refractivity contribution is -0.154. The Labute approximate surface area is 113 Å². The smallest absolute Gasteiger partial charge is 0.308 e. The van der Waals surface area contributed by atoms with Crippen LogP contribution in [-0.2, 0) is 19.4 Å². The van der Waals surface area contributed by atoms with E-state index in [2.05, 4.69) is 0 Å². The molecule has 3 atom stereocenters. The third-order valence-electron chi connectivity index (χ3n) is 3.81. The molecule has 1 N–H and O–H groups in total. The summed E-state index contributed by atoms with van der Waals surface area (Å²) in [5.41, 5.74) is 0. The van der Waals surface area contributed by atoms with Crippen molar-refractivity contribution in [3.05, 3.63) is 0 Å². The molecule has 7 heteroatoms. The number of likely N-dealkylation sites (tertiary alicyclic amines) is 1. The number of amides is 1. The molecule has 1 rings (SSSR count). The highest BCUT2D eigenvalue weighted by atomic mass is 32.2. The third-order valence-corrected chi connectivity index (χ3v) is 5.49. The molecule has 6 nitrogen and oxygen atoms in total. The Hall–Kier alpha value is -1.11. The molecule has 0 saturated carbocycles. The van der Waals surface area contributed by atoms with Crippen molar-refractivity contribution in [1.29, 1.82) is 0 Å². The van der Waals surface area contributed by atoms with Crippen LogP contribution >= 0.6 is 0 Å². The highest BCUT2D eigenvalue weighted by molar-refractivity contribution is 7.91. The number of carbonyl (C=O) groups excluding carboxylic acids is 1. The van der Waals surface area contributed by atoms with Crippen LogP contribution in [-0.4, -0.2) is 54.4 Å². The summed E-state index contributed by atoms with van der Waals surface area (Å²) in [7, 11) is -3.16. The van der Waals surface area contributed by atoms with Crippen molar-refractivity contribution in [3.8, 4) is 0 Å². The number of carboxylic acids is 1. The number of rotatable bonds is 5. The van der Waals surface area contributed by atoms with Gasteiger partial charge >= 0.3 is 5.97 Å². The van der Waals surface area contributed by atoms with Gasteiger partial charge in [0.05, 0.1) is 11.7 Å². The van der Waals surface area contributed by atoms with Crippen LogP contribution in [0.1, 0.15) is 27.2 Å². The zero-order valence-corrected chi connectivity index (χ0v) is 12.3. The van der Waals surface area contributed by atoms with E-state index in [0.717, 1.165) is 0 Å². The minimum Gasteiger partial charge on any atom is -0.481 e. The number of hydrogen-bond acceptors (Lipinski definition) is 4. The molecule has 1 aliphatic heterocycles. The molecule has 19 heavy (non-hydrogen) atoms. The summed E-state index contributed by atoms with van der Waals surface area (Å²) in [6.45, 7) is 5.05. The predicted molar refractivity (Wildman–Crippen MR) is 70.4 cm³/mol. The standard InChI is InChI=1S/C12H21NO5S/c1-4-19(17,18)6-5-13-9(3)11(12(15)16)8(2)7-10(13)14/h8-9,11H,4-7H2,1-3H3,(H,15,16). The summed E-state index contributed by atoms with van der Waals surface area (Å²) < 4.78 is 23.0. The fourth-order valence-electron chi connectivity index (χ4n) is 2.58. The van der Waals surface area contributed by atoms with E-state index in [0.29, 0.717) is 0 Å². The van der Waals surface area contributed by atoms with Crippen LogP contribution in [0, 0.1) is 11.8 Å². The van der Waals surface area contributed by atoms with Crippen LogP contribution in [0.4, 0.5) is 0 Å². The summed E-state index contributed by atoms with van der Waals surface area (Å²) in [6.07, 6.45) is 0.160. The molecule has 0 bridgehead atoms. The lowest BCUT2D eigenvalue weighted by atomic mass is 9.81. The van der Waals surface area contributed by atoms with Gasteiger partial charge in [0.15, 0.2) is 9.84 Å². The average Bonchev–Trinajstić information content (AvgIpc) is 2.27. The normalized spacial score (nSPS) is 28.5. The second kappa shape index (κ2) is 5.90. The molecule has 3 unspecified atom stereocenters. The van der Waals surface area contributed by atoms with Gasteiger partial charge in [-0.1, -0.05) is 13.8 Å². The summed E-state index contributed by atoms with van der Waals surface area (Å²) in [4.78, 5) is 24.6. The molecule has 1 amide bonds. The predicted octanol–water partition coefficient (Wildman–Crippen LogP) is 0.379. The highest BCUT2D eigenvalue weighted by Gasteiger charge is 2.41. The van der Waals surface area contributed by atoms with Crippen molar-refractivity contribution in [2.75, 3.05) is 18.1 Å². The zero-order valence-electron chi connectivity index (χ0n) is 11.5. The van der Waals surface area contributed by atoms with Crippen LogP contribution in [0.2, 0.25) is 0 Å². The van der Waals surface area contributed by atoms with Gasteiger partial charge < -0.3 is 10.0 Å². The first kappa shape index (κ1) is 15.9. The average molecular weight is 291 g/mol. The third kappa shape index (κ3) is 3.68. The van der Waals surface area contributed by atoms with Crippen molar-refractivity contribution in [2.24, 2.45) is 11.8 Å². The topological polar surface area (TPSA) is 91.8 Å². The number of sulfone groups is 1. The van der Waals surface area contributed by atoms with Crippen LogP contribution in [0.25, 0.3) is 0 Å². The summed E-state index contributed by atoms with van der Waals surface area (Å²) in [5, 5.41) is 9.20. The van der Waals surface area contributed by atoms with Gasteiger partial charge in [-0.05, 0) is 12.8 Å². The van der Waals surface area contributed by atoms with Gasteiger partial charge in [0.25, 0.3) is 0 Å². The highest BCUT2D eigenvalue weighted by Crippen LogP contribution is 2.29.